The summed E-state index contributed by atoms with van der Waals surface area (Å²) >= 11 is 0. The summed E-state index contributed by atoms with van der Waals surface area (Å²) in [7, 11) is 0. The van der Waals surface area contributed by atoms with Crippen LogP contribution in [0.2, 0.25) is 0 Å². The number of pyridine rings is 1. The lowest BCUT2D eigenvalue weighted by Crippen LogP contribution is -2.37. The first kappa shape index (κ1) is 19.9. The summed E-state index contributed by atoms with van der Waals surface area (Å²) in [5.41, 5.74) is 3.82. The number of carbonyl (C=O) groups excluding carboxylic acids is 2. The lowest BCUT2D eigenvalue weighted by molar-refractivity contribution is -0.114. The molecule has 1 aliphatic heterocycles. The van der Waals surface area contributed by atoms with Crippen LogP contribution in [0.15, 0.2) is 67.1 Å². The molecule has 0 saturated heterocycles. The quantitative estimate of drug-likeness (QED) is 0.291. The molecule has 1 aromatic heterocycles. The van der Waals surface area contributed by atoms with Crippen molar-refractivity contribution in [3.8, 4) is 11.5 Å². The number of phenols is 2. The SMILES string of the molecule is O=C1NC(=O)c2ccc(C=Cc3ccncc3)cc2C1=CNCc1ccc(O)c(O)c1. The highest BCUT2D eigenvalue weighted by Crippen LogP contribution is 2.27. The molecule has 0 fully saturated rings. The number of fused-ring (bicyclic) bond motifs is 1. The van der Waals surface area contributed by atoms with Crippen molar-refractivity contribution in [1.82, 2.24) is 15.6 Å². The van der Waals surface area contributed by atoms with Gasteiger partial charge in [-0.05, 0) is 53.1 Å². The van der Waals surface area contributed by atoms with Crippen molar-refractivity contribution < 1.29 is 19.8 Å². The topological polar surface area (TPSA) is 112 Å². The fourth-order valence-corrected chi connectivity index (χ4v) is 3.21. The Labute approximate surface area is 178 Å². The first-order valence-electron chi connectivity index (χ1n) is 9.54. The first-order chi connectivity index (χ1) is 15.0. The number of hydrogen-bond donors (Lipinski definition) is 4. The zero-order valence-corrected chi connectivity index (χ0v) is 16.4. The second kappa shape index (κ2) is 8.54. The third-order valence-electron chi connectivity index (χ3n) is 4.82. The number of aromatic nitrogens is 1. The minimum absolute atomic E-state index is 0.200. The predicted molar refractivity (Wildman–Crippen MR) is 117 cm³/mol. The van der Waals surface area contributed by atoms with Gasteiger partial charge in [-0.1, -0.05) is 24.3 Å². The van der Waals surface area contributed by atoms with Crippen LogP contribution in [0, 0.1) is 0 Å². The summed E-state index contributed by atoms with van der Waals surface area (Å²) in [5.74, 6) is -1.35. The van der Waals surface area contributed by atoms with E-state index >= 15 is 0 Å². The molecule has 1 aliphatic rings. The number of nitrogens with one attached hydrogen (secondary N) is 2. The number of hydrogen-bond acceptors (Lipinski definition) is 6. The van der Waals surface area contributed by atoms with Crippen molar-refractivity contribution in [2.75, 3.05) is 0 Å². The van der Waals surface area contributed by atoms with E-state index in [0.717, 1.165) is 11.1 Å². The van der Waals surface area contributed by atoms with Gasteiger partial charge < -0.3 is 15.5 Å². The molecule has 7 nitrogen and oxygen atoms in total. The molecule has 2 amide bonds. The third kappa shape index (κ3) is 4.45. The van der Waals surface area contributed by atoms with Gasteiger partial charge in [0.2, 0.25) is 0 Å². The number of benzene rings is 2. The normalized spacial score (nSPS) is 14.5. The van der Waals surface area contributed by atoms with Crippen LogP contribution < -0.4 is 10.6 Å². The molecule has 154 valence electrons. The van der Waals surface area contributed by atoms with Crippen molar-refractivity contribution in [3.63, 3.8) is 0 Å². The van der Waals surface area contributed by atoms with Gasteiger partial charge >= 0.3 is 0 Å². The lowest BCUT2D eigenvalue weighted by Gasteiger charge is -2.19. The molecule has 0 unspecified atom stereocenters. The fraction of sp³-hybridized carbons (Fsp3) is 0.0417. The molecular formula is C24H19N3O4. The monoisotopic (exact) mass is 413 g/mol. The number of amides is 2. The number of carbonyl (C=O) groups is 2. The Balaban J connectivity index is 1.60. The highest BCUT2D eigenvalue weighted by molar-refractivity contribution is 6.31. The molecule has 2 heterocycles. The molecule has 4 rings (SSSR count). The van der Waals surface area contributed by atoms with Crippen LogP contribution in [0.4, 0.5) is 0 Å². The minimum atomic E-state index is -0.492. The van der Waals surface area contributed by atoms with Gasteiger partial charge in [-0.3, -0.25) is 19.9 Å². The molecule has 7 heteroatoms. The summed E-state index contributed by atoms with van der Waals surface area (Å²) in [6.45, 7) is 0.315. The summed E-state index contributed by atoms with van der Waals surface area (Å²) in [4.78, 5) is 28.7. The molecule has 0 radical (unpaired) electrons. The maximum Gasteiger partial charge on any atom is 0.260 e. The smallest absolute Gasteiger partial charge is 0.260 e. The molecule has 31 heavy (non-hydrogen) atoms. The Hall–Kier alpha value is -4.39. The van der Waals surface area contributed by atoms with Gasteiger partial charge in [-0.2, -0.15) is 0 Å². The second-order valence-corrected chi connectivity index (χ2v) is 6.96. The highest BCUT2D eigenvalue weighted by Gasteiger charge is 2.27. The predicted octanol–water partition coefficient (Wildman–Crippen LogP) is 3.06. The molecule has 0 bridgehead atoms. The lowest BCUT2D eigenvalue weighted by atomic mass is 9.93. The van der Waals surface area contributed by atoms with E-state index < -0.39 is 11.8 Å². The Morgan fingerprint density at radius 2 is 1.61 bits per heavy atom. The Morgan fingerprint density at radius 3 is 2.39 bits per heavy atom. The van der Waals surface area contributed by atoms with E-state index in [1.807, 2.05) is 30.4 Å². The fourth-order valence-electron chi connectivity index (χ4n) is 3.21. The zero-order valence-electron chi connectivity index (χ0n) is 16.4. The Bertz CT molecular complexity index is 1220. The van der Waals surface area contributed by atoms with E-state index in [-0.39, 0.29) is 11.5 Å². The van der Waals surface area contributed by atoms with Gasteiger partial charge in [0, 0.05) is 36.3 Å². The van der Waals surface area contributed by atoms with Crippen LogP contribution in [-0.4, -0.2) is 27.0 Å². The molecule has 4 N–H and O–H groups in total. The zero-order chi connectivity index (χ0) is 21.8. The summed E-state index contributed by atoms with van der Waals surface area (Å²) in [5, 5.41) is 24.4. The Kier molecular flexibility index (Phi) is 5.49. The maximum absolute atomic E-state index is 12.5. The average Bonchev–Trinajstić information content (AvgIpc) is 2.77. The van der Waals surface area contributed by atoms with E-state index in [1.165, 1.54) is 12.1 Å². The van der Waals surface area contributed by atoms with Crippen molar-refractivity contribution in [2.45, 2.75) is 6.54 Å². The standard InChI is InChI=1S/C24H19N3O4/c28-21-6-4-17(12-22(21)29)13-26-14-20-19-11-16(2-1-15-7-9-25-10-8-15)3-5-18(19)23(30)27-24(20)31/h1-12,14,26,28-29H,13H2,(H,27,30,31). The third-order valence-corrected chi connectivity index (χ3v) is 4.82. The van der Waals surface area contributed by atoms with Crippen LogP contribution in [0.5, 0.6) is 11.5 Å². The van der Waals surface area contributed by atoms with Crippen LogP contribution in [0.25, 0.3) is 17.7 Å². The number of imide groups is 1. The van der Waals surface area contributed by atoms with Crippen molar-refractivity contribution in [1.29, 1.82) is 0 Å². The van der Waals surface area contributed by atoms with Gasteiger partial charge in [0.05, 0.1) is 5.57 Å². The molecular weight excluding hydrogens is 394 g/mol. The van der Waals surface area contributed by atoms with Crippen LogP contribution >= 0.6 is 0 Å². The highest BCUT2D eigenvalue weighted by atomic mass is 16.3. The summed E-state index contributed by atoms with van der Waals surface area (Å²) in [6.07, 6.45) is 8.77. The van der Waals surface area contributed by atoms with Crippen molar-refractivity contribution >= 4 is 29.5 Å². The molecule has 0 aliphatic carbocycles. The summed E-state index contributed by atoms with van der Waals surface area (Å²) < 4.78 is 0. The van der Waals surface area contributed by atoms with Gasteiger partial charge in [0.15, 0.2) is 11.5 Å². The molecule has 3 aromatic rings. The van der Waals surface area contributed by atoms with E-state index in [4.69, 9.17) is 0 Å². The van der Waals surface area contributed by atoms with E-state index in [9.17, 15) is 19.8 Å². The number of nitrogens with zero attached hydrogens (tertiary/aromatic N) is 1. The molecule has 0 saturated carbocycles. The average molecular weight is 413 g/mol. The van der Waals surface area contributed by atoms with E-state index in [1.54, 1.807) is 36.8 Å². The number of aromatic hydroxyl groups is 2. The largest absolute Gasteiger partial charge is 0.504 e. The van der Waals surface area contributed by atoms with Gasteiger partial charge in [0.25, 0.3) is 11.8 Å². The van der Waals surface area contributed by atoms with Crippen LogP contribution in [-0.2, 0) is 11.3 Å². The van der Waals surface area contributed by atoms with Crippen molar-refractivity contribution in [2.24, 2.45) is 0 Å². The van der Waals surface area contributed by atoms with Gasteiger partial charge in [-0.25, -0.2) is 0 Å². The van der Waals surface area contributed by atoms with Gasteiger partial charge in [-0.15, -0.1) is 0 Å². The molecule has 2 aromatic carbocycles. The number of phenolic OH excluding ortho intramolecular Hbond substituents is 2. The minimum Gasteiger partial charge on any atom is -0.504 e. The van der Waals surface area contributed by atoms with Crippen LogP contribution in [0.3, 0.4) is 0 Å². The van der Waals surface area contributed by atoms with Crippen molar-refractivity contribution in [3.05, 3.63) is 94.9 Å². The molecule has 0 atom stereocenters. The molecule has 0 spiro atoms. The van der Waals surface area contributed by atoms with Crippen LogP contribution in [0.1, 0.15) is 32.6 Å². The Morgan fingerprint density at radius 1 is 0.839 bits per heavy atom. The first-order valence-corrected chi connectivity index (χ1v) is 9.54. The van der Waals surface area contributed by atoms with E-state index in [2.05, 4.69) is 15.6 Å². The number of rotatable bonds is 5. The van der Waals surface area contributed by atoms with E-state index in [0.29, 0.717) is 28.8 Å². The maximum atomic E-state index is 12.5. The van der Waals surface area contributed by atoms with Gasteiger partial charge in [0.1, 0.15) is 0 Å². The second-order valence-electron chi connectivity index (χ2n) is 6.96. The summed E-state index contributed by atoms with van der Waals surface area (Å²) in [6, 6.07) is 13.5.